The maximum absolute atomic E-state index is 13.2. The Hall–Kier alpha value is -4.06. The molecule has 0 radical (unpaired) electrons. The molecule has 3 heterocycles. The minimum Gasteiger partial charge on any atom is -0.463 e. The third kappa shape index (κ3) is 3.88. The number of imidazole rings is 1. The second-order valence-electron chi connectivity index (χ2n) is 7.60. The number of carbonyl (C=O) groups excluding carboxylic acids is 1. The van der Waals surface area contributed by atoms with Crippen LogP contribution in [0.1, 0.15) is 27.2 Å². The molecule has 0 spiro atoms. The summed E-state index contributed by atoms with van der Waals surface area (Å²) in [6.07, 6.45) is 7.10. The molecule has 5 rings (SSSR count). The van der Waals surface area contributed by atoms with Crippen LogP contribution in [0.3, 0.4) is 0 Å². The number of hydrogen-bond acceptors (Lipinski definition) is 3. The second kappa shape index (κ2) is 7.99. The van der Waals surface area contributed by atoms with E-state index in [9.17, 15) is 4.79 Å². The number of hydrogen-bond donors (Lipinski definition) is 1. The van der Waals surface area contributed by atoms with Crippen molar-refractivity contribution >= 4 is 22.7 Å². The van der Waals surface area contributed by atoms with E-state index in [0.717, 1.165) is 22.3 Å². The maximum atomic E-state index is 13.2. The van der Waals surface area contributed by atoms with Crippen LogP contribution in [0.4, 0.5) is 5.69 Å². The minimum absolute atomic E-state index is 0.167. The van der Waals surface area contributed by atoms with Gasteiger partial charge in [-0.25, -0.2) is 4.98 Å². The zero-order chi connectivity index (χ0) is 21.2. The van der Waals surface area contributed by atoms with E-state index in [0.29, 0.717) is 24.4 Å². The highest BCUT2D eigenvalue weighted by molar-refractivity contribution is 6.05. The molecule has 31 heavy (non-hydrogen) atoms. The highest BCUT2D eigenvalue weighted by Gasteiger charge is 2.18. The van der Waals surface area contributed by atoms with E-state index in [1.54, 1.807) is 24.9 Å². The van der Waals surface area contributed by atoms with Crippen LogP contribution in [-0.4, -0.2) is 20.0 Å². The van der Waals surface area contributed by atoms with Gasteiger partial charge in [-0.05, 0) is 35.7 Å². The van der Waals surface area contributed by atoms with Crippen LogP contribution in [0, 0.1) is 6.92 Å². The van der Waals surface area contributed by atoms with Crippen LogP contribution in [0.2, 0.25) is 0 Å². The number of nitrogens with one attached hydrogen (secondary N) is 1. The van der Waals surface area contributed by atoms with Gasteiger partial charge in [0, 0.05) is 43.3 Å². The molecule has 6 heteroatoms. The van der Waals surface area contributed by atoms with E-state index in [4.69, 9.17) is 4.42 Å². The lowest BCUT2D eigenvalue weighted by atomic mass is 10.1. The van der Waals surface area contributed by atoms with Crippen LogP contribution in [0.25, 0.3) is 11.1 Å². The van der Waals surface area contributed by atoms with Crippen molar-refractivity contribution in [3.63, 3.8) is 0 Å². The summed E-state index contributed by atoms with van der Waals surface area (Å²) in [5.41, 5.74) is 6.36. The Morgan fingerprint density at radius 1 is 1.06 bits per heavy atom. The van der Waals surface area contributed by atoms with Crippen molar-refractivity contribution in [2.45, 2.75) is 20.0 Å². The number of anilines is 1. The lowest BCUT2D eigenvalue weighted by Crippen LogP contribution is -2.18. The summed E-state index contributed by atoms with van der Waals surface area (Å²) < 4.78 is 9.57. The summed E-state index contributed by atoms with van der Waals surface area (Å²) in [6, 6.07) is 19.8. The van der Waals surface area contributed by atoms with Gasteiger partial charge < -0.3 is 18.9 Å². The van der Waals surface area contributed by atoms with Gasteiger partial charge in [0.1, 0.15) is 5.69 Å². The number of amides is 1. The van der Waals surface area contributed by atoms with Crippen molar-refractivity contribution in [2.24, 2.45) is 0 Å². The first-order valence-corrected chi connectivity index (χ1v) is 10.1. The molecule has 1 amide bonds. The number of fused-ring (bicyclic) bond motifs is 1. The molecule has 0 aliphatic carbocycles. The molecule has 0 saturated carbocycles. The molecule has 3 aromatic heterocycles. The van der Waals surface area contributed by atoms with Gasteiger partial charge in [0.25, 0.3) is 5.91 Å². The molecule has 1 N–H and O–H groups in total. The number of aryl methyl sites for hydroxylation is 1. The molecule has 154 valence electrons. The number of rotatable bonds is 6. The fourth-order valence-electron chi connectivity index (χ4n) is 3.83. The summed E-state index contributed by atoms with van der Waals surface area (Å²) in [7, 11) is 0. The van der Waals surface area contributed by atoms with Gasteiger partial charge in [-0.2, -0.15) is 0 Å². The summed E-state index contributed by atoms with van der Waals surface area (Å²) >= 11 is 0. The van der Waals surface area contributed by atoms with Crippen molar-refractivity contribution in [1.82, 2.24) is 14.1 Å². The first kappa shape index (κ1) is 18.9. The molecule has 0 bridgehead atoms. The van der Waals surface area contributed by atoms with Gasteiger partial charge in [-0.1, -0.05) is 36.4 Å². The minimum atomic E-state index is -0.167. The molecule has 6 nitrogen and oxygen atoms in total. The Labute approximate surface area is 179 Å². The number of benzene rings is 2. The van der Waals surface area contributed by atoms with E-state index >= 15 is 0 Å². The van der Waals surface area contributed by atoms with Crippen molar-refractivity contribution < 1.29 is 9.21 Å². The van der Waals surface area contributed by atoms with Crippen LogP contribution >= 0.6 is 0 Å². The fourth-order valence-corrected chi connectivity index (χ4v) is 3.83. The molecular formula is C25H22N4O2. The van der Waals surface area contributed by atoms with Crippen LogP contribution in [0.5, 0.6) is 0 Å². The number of nitrogens with zero attached hydrogens (tertiary/aromatic N) is 3. The van der Waals surface area contributed by atoms with E-state index in [2.05, 4.69) is 29.4 Å². The summed E-state index contributed by atoms with van der Waals surface area (Å²) in [5.74, 6) is -0.167. The molecule has 0 fully saturated rings. The SMILES string of the molecule is Cc1ccccc1Cn1c(C(=O)Nc2cccc(Cn3ccnc3)c2)cc2occc21. The second-order valence-corrected chi connectivity index (χ2v) is 7.60. The summed E-state index contributed by atoms with van der Waals surface area (Å²) in [6.45, 7) is 3.37. The monoisotopic (exact) mass is 410 g/mol. The van der Waals surface area contributed by atoms with Gasteiger partial charge in [0.2, 0.25) is 0 Å². The quantitative estimate of drug-likeness (QED) is 0.424. The normalized spacial score (nSPS) is 11.1. The Kier molecular flexibility index (Phi) is 4.88. The highest BCUT2D eigenvalue weighted by atomic mass is 16.3. The van der Waals surface area contributed by atoms with Gasteiger partial charge in [-0.3, -0.25) is 4.79 Å². The molecule has 2 aromatic carbocycles. The predicted molar refractivity (Wildman–Crippen MR) is 120 cm³/mol. The van der Waals surface area contributed by atoms with Gasteiger partial charge in [0.05, 0.1) is 18.1 Å². The Morgan fingerprint density at radius 3 is 2.81 bits per heavy atom. The van der Waals surface area contributed by atoms with Crippen molar-refractivity contribution in [2.75, 3.05) is 5.32 Å². The van der Waals surface area contributed by atoms with Crippen molar-refractivity contribution in [3.05, 3.63) is 108 Å². The average molecular weight is 410 g/mol. The predicted octanol–water partition coefficient (Wildman–Crippen LogP) is 5.09. The first-order valence-electron chi connectivity index (χ1n) is 10.1. The molecule has 0 atom stereocenters. The number of aromatic nitrogens is 3. The number of carbonyl (C=O) groups is 1. The summed E-state index contributed by atoms with van der Waals surface area (Å²) in [4.78, 5) is 17.3. The Bertz CT molecular complexity index is 1350. The third-order valence-electron chi connectivity index (χ3n) is 5.45. The standard InChI is InChI=1S/C25H22N4O2/c1-18-5-2-3-7-20(18)16-29-22-9-12-31-24(22)14-23(29)25(30)27-21-8-4-6-19(13-21)15-28-11-10-26-17-28/h2-14,17H,15-16H2,1H3,(H,27,30). The number of furan rings is 1. The van der Waals surface area contributed by atoms with Crippen molar-refractivity contribution in [3.8, 4) is 0 Å². The highest BCUT2D eigenvalue weighted by Crippen LogP contribution is 2.24. The summed E-state index contributed by atoms with van der Waals surface area (Å²) in [5, 5.41) is 3.04. The van der Waals surface area contributed by atoms with E-state index in [1.165, 1.54) is 5.56 Å². The third-order valence-corrected chi connectivity index (χ3v) is 5.45. The molecular weight excluding hydrogens is 388 g/mol. The topological polar surface area (TPSA) is 65.0 Å². The van der Waals surface area contributed by atoms with E-state index < -0.39 is 0 Å². The largest absolute Gasteiger partial charge is 0.463 e. The van der Waals surface area contributed by atoms with Gasteiger partial charge >= 0.3 is 0 Å². The average Bonchev–Trinajstić information content (AvgIpc) is 3.49. The smallest absolute Gasteiger partial charge is 0.272 e. The van der Waals surface area contributed by atoms with Crippen LogP contribution in [-0.2, 0) is 13.1 Å². The Morgan fingerprint density at radius 2 is 1.97 bits per heavy atom. The molecule has 0 aliphatic rings. The zero-order valence-corrected chi connectivity index (χ0v) is 17.2. The van der Waals surface area contributed by atoms with Crippen LogP contribution in [0.15, 0.2) is 90.1 Å². The maximum Gasteiger partial charge on any atom is 0.272 e. The molecule has 5 aromatic rings. The fraction of sp³-hybridized carbons (Fsp3) is 0.120. The van der Waals surface area contributed by atoms with E-state index in [1.807, 2.05) is 57.8 Å². The van der Waals surface area contributed by atoms with Crippen molar-refractivity contribution in [1.29, 1.82) is 0 Å². The van der Waals surface area contributed by atoms with E-state index in [-0.39, 0.29) is 5.91 Å². The lowest BCUT2D eigenvalue weighted by Gasteiger charge is -2.13. The lowest BCUT2D eigenvalue weighted by molar-refractivity contribution is 0.101. The Balaban J connectivity index is 1.43. The first-order chi connectivity index (χ1) is 15.2. The molecule has 0 aliphatic heterocycles. The molecule has 0 saturated heterocycles. The van der Waals surface area contributed by atoms with Crippen LogP contribution < -0.4 is 5.32 Å². The van der Waals surface area contributed by atoms with Gasteiger partial charge in [-0.15, -0.1) is 0 Å². The molecule has 0 unspecified atom stereocenters. The van der Waals surface area contributed by atoms with Gasteiger partial charge in [0.15, 0.2) is 5.58 Å². The zero-order valence-electron chi connectivity index (χ0n) is 17.2.